The van der Waals surface area contributed by atoms with Gasteiger partial charge in [-0.3, -0.25) is 0 Å². The monoisotopic (exact) mass is 455 g/mol. The zero-order valence-electron chi connectivity index (χ0n) is 13.5. The molecule has 4 rings (SSSR count). The van der Waals surface area contributed by atoms with Crippen LogP contribution >= 0.6 is 31.9 Å². The fourth-order valence-electron chi connectivity index (χ4n) is 3.26. The van der Waals surface area contributed by atoms with Crippen LogP contribution in [0, 0.1) is 0 Å². The number of hydrogen-bond donors (Lipinski definition) is 4. The number of dihydropyridines is 1. The molecule has 2 aliphatic heterocycles. The van der Waals surface area contributed by atoms with Crippen molar-refractivity contribution >= 4 is 31.9 Å². The van der Waals surface area contributed by atoms with Crippen molar-refractivity contribution in [3.8, 4) is 5.75 Å². The molecule has 4 N–H and O–H groups in total. The number of nitrogens with one attached hydrogen (secondary N) is 3. The van der Waals surface area contributed by atoms with Gasteiger partial charge >= 0.3 is 0 Å². The average molecular weight is 457 g/mol. The molecule has 1 aliphatic carbocycles. The lowest BCUT2D eigenvalue weighted by molar-refractivity contribution is 0.474. The van der Waals surface area contributed by atoms with E-state index in [2.05, 4.69) is 53.9 Å². The van der Waals surface area contributed by atoms with E-state index < -0.39 is 0 Å². The van der Waals surface area contributed by atoms with Crippen LogP contribution in [0.1, 0.15) is 17.5 Å². The van der Waals surface area contributed by atoms with Crippen molar-refractivity contribution < 1.29 is 5.11 Å². The zero-order chi connectivity index (χ0) is 16.9. The van der Waals surface area contributed by atoms with Gasteiger partial charge in [0, 0.05) is 41.3 Å². The van der Waals surface area contributed by atoms with Crippen LogP contribution in [-0.2, 0) is 12.8 Å². The van der Waals surface area contributed by atoms with E-state index >= 15 is 0 Å². The summed E-state index contributed by atoms with van der Waals surface area (Å²) < 4.78 is 2.11. The first-order valence-corrected chi connectivity index (χ1v) is 9.96. The third kappa shape index (κ3) is 4.63. The number of hydrogen-bond acceptors (Lipinski definition) is 4. The Morgan fingerprint density at radius 2 is 1.71 bits per heavy atom. The predicted molar refractivity (Wildman–Crippen MR) is 106 cm³/mol. The second-order valence-corrected chi connectivity index (χ2v) is 8.01. The summed E-state index contributed by atoms with van der Waals surface area (Å²) in [6.07, 6.45) is 7.18. The average Bonchev–Trinajstić information content (AvgIpc) is 2.77. The van der Waals surface area contributed by atoms with Gasteiger partial charge in [-0.2, -0.15) is 0 Å². The van der Waals surface area contributed by atoms with Crippen molar-refractivity contribution in [2.24, 2.45) is 0 Å². The minimum absolute atomic E-state index is 0.340. The Hall–Kier alpha value is -0.820. The van der Waals surface area contributed by atoms with Crippen LogP contribution in [0.25, 0.3) is 0 Å². The lowest BCUT2D eigenvalue weighted by Gasteiger charge is -2.23. The number of phenols is 1. The molecule has 0 amide bonds. The number of rotatable bonds is 0. The molecule has 1 aromatic carbocycles. The van der Waals surface area contributed by atoms with Crippen molar-refractivity contribution in [2.75, 3.05) is 26.2 Å². The summed E-state index contributed by atoms with van der Waals surface area (Å²) in [7, 11) is 0. The molecule has 130 valence electrons. The van der Waals surface area contributed by atoms with Gasteiger partial charge in [-0.1, -0.05) is 15.9 Å². The lowest BCUT2D eigenvalue weighted by atomic mass is 9.98. The molecule has 24 heavy (non-hydrogen) atoms. The molecule has 0 radical (unpaired) electrons. The Labute approximate surface area is 160 Å². The molecule has 3 aliphatic rings. The molecular formula is C18H23Br2N3O. The number of aryl methyl sites for hydroxylation is 1. The molecule has 1 aromatic rings. The van der Waals surface area contributed by atoms with Gasteiger partial charge in [0.05, 0.1) is 6.04 Å². The number of aromatic hydroxyl groups is 1. The fraction of sp³-hybridized carbons (Fsp3) is 0.444. The molecule has 4 nitrogen and oxygen atoms in total. The summed E-state index contributed by atoms with van der Waals surface area (Å²) >= 11 is 7.07. The van der Waals surface area contributed by atoms with Crippen LogP contribution in [0.3, 0.4) is 0 Å². The van der Waals surface area contributed by atoms with E-state index in [0.717, 1.165) is 54.4 Å². The first kappa shape index (κ1) is 18.0. The highest BCUT2D eigenvalue weighted by Gasteiger charge is 2.24. The zero-order valence-corrected chi connectivity index (χ0v) is 16.7. The third-order valence-corrected chi connectivity index (χ3v) is 5.68. The van der Waals surface area contributed by atoms with Crippen LogP contribution in [0.4, 0.5) is 0 Å². The molecule has 1 saturated heterocycles. The van der Waals surface area contributed by atoms with Crippen LogP contribution in [0.2, 0.25) is 0 Å². The molecule has 0 aromatic heterocycles. The largest absolute Gasteiger partial charge is 0.508 e. The summed E-state index contributed by atoms with van der Waals surface area (Å²) in [5, 5.41) is 19.6. The Morgan fingerprint density at radius 1 is 1.00 bits per heavy atom. The molecular weight excluding hydrogens is 434 g/mol. The molecule has 0 spiro atoms. The number of halogens is 2. The maximum Gasteiger partial charge on any atom is 0.116 e. The highest BCUT2D eigenvalue weighted by molar-refractivity contribution is 9.12. The minimum Gasteiger partial charge on any atom is -0.508 e. The quantitative estimate of drug-likeness (QED) is 0.484. The highest BCUT2D eigenvalue weighted by Crippen LogP contribution is 2.34. The van der Waals surface area contributed by atoms with E-state index in [1.54, 1.807) is 6.07 Å². The van der Waals surface area contributed by atoms with Crippen LogP contribution in [-0.4, -0.2) is 37.3 Å². The first-order chi connectivity index (χ1) is 11.6. The maximum atomic E-state index is 9.68. The molecule has 1 atom stereocenters. The molecule has 2 heterocycles. The van der Waals surface area contributed by atoms with Crippen molar-refractivity contribution in [1.29, 1.82) is 0 Å². The minimum atomic E-state index is 0.340. The molecule has 1 unspecified atom stereocenters. The Balaban J connectivity index is 0.000000238. The number of fused-ring (bicyclic) bond motifs is 2. The molecule has 0 saturated carbocycles. The molecule has 6 heteroatoms. The SMILES string of the molecule is C1CNCCN1.Oc1cc(Br)c2c(c1)CCC1=CC(Br)=CNC1C2. The van der Waals surface area contributed by atoms with Crippen molar-refractivity contribution in [3.05, 3.63) is 50.1 Å². The molecule has 1 fully saturated rings. The first-order valence-electron chi connectivity index (χ1n) is 8.37. The van der Waals surface area contributed by atoms with Gasteiger partial charge in [0.1, 0.15) is 5.75 Å². The predicted octanol–water partition coefficient (Wildman–Crippen LogP) is 2.96. The van der Waals surface area contributed by atoms with Crippen LogP contribution < -0.4 is 16.0 Å². The molecule has 0 bridgehead atoms. The number of benzene rings is 1. The van der Waals surface area contributed by atoms with E-state index in [0.29, 0.717) is 11.8 Å². The van der Waals surface area contributed by atoms with Gasteiger partial charge in [0.2, 0.25) is 0 Å². The summed E-state index contributed by atoms with van der Waals surface area (Å²) in [6, 6.07) is 4.04. The van der Waals surface area contributed by atoms with Gasteiger partial charge in [0.25, 0.3) is 0 Å². The van der Waals surface area contributed by atoms with Crippen molar-refractivity contribution in [2.45, 2.75) is 25.3 Å². The summed E-state index contributed by atoms with van der Waals surface area (Å²) in [5.74, 6) is 0.340. The fourth-order valence-corrected chi connectivity index (χ4v) is 4.34. The van der Waals surface area contributed by atoms with Gasteiger partial charge in [-0.15, -0.1) is 0 Å². The van der Waals surface area contributed by atoms with E-state index in [9.17, 15) is 5.11 Å². The topological polar surface area (TPSA) is 56.3 Å². The van der Waals surface area contributed by atoms with Crippen LogP contribution in [0.15, 0.2) is 38.9 Å². The van der Waals surface area contributed by atoms with Gasteiger partial charge in [-0.25, -0.2) is 0 Å². The lowest BCUT2D eigenvalue weighted by Crippen LogP contribution is -2.39. The van der Waals surface area contributed by atoms with Gasteiger partial charge < -0.3 is 21.1 Å². The van der Waals surface area contributed by atoms with E-state index in [4.69, 9.17) is 0 Å². The number of phenolic OH excluding ortho intramolecular Hbond substituents is 1. The second kappa shape index (κ2) is 8.52. The Kier molecular flexibility index (Phi) is 6.38. The second-order valence-electron chi connectivity index (χ2n) is 6.24. The number of piperazine rings is 1. The van der Waals surface area contributed by atoms with Crippen molar-refractivity contribution in [1.82, 2.24) is 16.0 Å². The normalized spacial score (nSPS) is 22.5. The summed E-state index contributed by atoms with van der Waals surface area (Å²) in [5.41, 5.74) is 3.97. The van der Waals surface area contributed by atoms with Crippen LogP contribution in [0.5, 0.6) is 5.75 Å². The van der Waals surface area contributed by atoms with Crippen molar-refractivity contribution in [3.63, 3.8) is 0 Å². The maximum absolute atomic E-state index is 9.68. The van der Waals surface area contributed by atoms with E-state index in [1.165, 1.54) is 16.7 Å². The van der Waals surface area contributed by atoms with Gasteiger partial charge in [0.15, 0.2) is 0 Å². The summed E-state index contributed by atoms with van der Waals surface area (Å²) in [4.78, 5) is 0. The summed E-state index contributed by atoms with van der Waals surface area (Å²) in [6.45, 7) is 4.56. The van der Waals surface area contributed by atoms with E-state index in [-0.39, 0.29) is 0 Å². The Morgan fingerprint density at radius 3 is 2.38 bits per heavy atom. The smallest absolute Gasteiger partial charge is 0.116 e. The van der Waals surface area contributed by atoms with Gasteiger partial charge in [-0.05, 0) is 70.1 Å². The third-order valence-electron chi connectivity index (χ3n) is 4.51. The highest BCUT2D eigenvalue weighted by atomic mass is 79.9. The standard InChI is InChI=1S/C14H13Br2NO.C4H10N2/c15-10-3-9-2-1-8-4-11(18)5-13(16)12(8)6-14(9)17-7-10;1-2-6-4-3-5-1/h3-5,7,14,17-18H,1-2,6H2;5-6H,1-4H2. The van der Waals surface area contributed by atoms with E-state index in [1.807, 2.05) is 12.3 Å². The Bertz CT molecular complexity index is 642. The number of allylic oxidation sites excluding steroid dienone is 2.